The van der Waals surface area contributed by atoms with E-state index in [2.05, 4.69) is 58.3 Å². The first-order valence-corrected chi connectivity index (χ1v) is 14.5. The van der Waals surface area contributed by atoms with E-state index in [4.69, 9.17) is 0 Å². The summed E-state index contributed by atoms with van der Waals surface area (Å²) in [6.07, 6.45) is 3.51. The van der Waals surface area contributed by atoms with E-state index in [1.165, 1.54) is 23.5 Å². The van der Waals surface area contributed by atoms with E-state index < -0.39 is 9.49 Å². The maximum Gasteiger partial charge on any atom is 0.242 e. The van der Waals surface area contributed by atoms with E-state index in [1.54, 1.807) is 12.4 Å². The van der Waals surface area contributed by atoms with E-state index >= 15 is 0 Å². The molecule has 10 heteroatoms. The fraction of sp³-hybridized carbons (Fsp3) is 0.500. The molecule has 0 aromatic carbocycles. The minimum atomic E-state index is -0.428. The Morgan fingerprint density at radius 1 is 0.684 bits per heavy atom. The van der Waals surface area contributed by atoms with Gasteiger partial charge in [-0.05, 0) is 63.8 Å². The molecule has 2 aliphatic rings. The van der Waals surface area contributed by atoms with Crippen LogP contribution in [-0.4, -0.2) is 41.6 Å². The lowest BCUT2D eigenvalue weighted by molar-refractivity contribution is -0.122. The summed E-state index contributed by atoms with van der Waals surface area (Å²) in [6, 6.07) is 11.4. The van der Waals surface area contributed by atoms with E-state index in [-0.39, 0.29) is 35.7 Å². The minimum Gasteiger partial charge on any atom is -0.304 e. The predicted octanol–water partition coefficient (Wildman–Crippen LogP) is 5.55. The number of rotatable bonds is 6. The molecule has 204 valence electrons. The maximum absolute atomic E-state index is 12.0. The van der Waals surface area contributed by atoms with Gasteiger partial charge in [-0.15, -0.1) is 0 Å². The first-order valence-electron chi connectivity index (χ1n) is 12.8. The van der Waals surface area contributed by atoms with Crippen molar-refractivity contribution in [3.63, 3.8) is 0 Å². The molecule has 8 nitrogen and oxygen atoms in total. The number of amides is 2. The molecule has 4 heterocycles. The molecule has 2 aromatic rings. The summed E-state index contributed by atoms with van der Waals surface area (Å²) < 4.78 is -0.856. The quantitative estimate of drug-likeness (QED) is 0.484. The second kappa shape index (κ2) is 12.4. The summed E-state index contributed by atoms with van der Waals surface area (Å²) in [5.74, 6) is 0.602. The number of hydrogen-bond acceptors (Lipinski definition) is 8. The highest BCUT2D eigenvalue weighted by atomic mass is 32.2. The van der Waals surface area contributed by atoms with Gasteiger partial charge in [0, 0.05) is 12.4 Å². The number of thioether (sulfide) groups is 2. The van der Waals surface area contributed by atoms with Gasteiger partial charge in [-0.3, -0.25) is 29.5 Å². The number of pyridine rings is 2. The van der Waals surface area contributed by atoms with Gasteiger partial charge >= 0.3 is 0 Å². The average Bonchev–Trinajstić information content (AvgIpc) is 3.35. The predicted molar refractivity (Wildman–Crippen MR) is 158 cm³/mol. The van der Waals surface area contributed by atoms with Crippen LogP contribution in [0, 0.1) is 11.8 Å². The van der Waals surface area contributed by atoms with Crippen molar-refractivity contribution < 1.29 is 9.59 Å². The second-order valence-corrected chi connectivity index (χ2v) is 13.2. The van der Waals surface area contributed by atoms with Crippen molar-refractivity contribution in [2.75, 3.05) is 0 Å². The van der Waals surface area contributed by atoms with Crippen molar-refractivity contribution >= 4 is 45.7 Å². The Bertz CT molecular complexity index is 1090. The number of amidine groups is 2. The topological polar surface area (TPSA) is 109 Å². The van der Waals surface area contributed by atoms with Crippen molar-refractivity contribution in [1.29, 1.82) is 0 Å². The first kappa shape index (κ1) is 29.8. The molecule has 2 aromatic heterocycles. The van der Waals surface area contributed by atoms with Gasteiger partial charge in [-0.1, -0.05) is 63.4 Å². The number of hydrogen-bond donors (Lipinski definition) is 2. The largest absolute Gasteiger partial charge is 0.304 e. The Hall–Kier alpha value is -2.72. The van der Waals surface area contributed by atoms with E-state index in [0.29, 0.717) is 10.3 Å². The molecule has 2 saturated heterocycles. The fourth-order valence-corrected chi connectivity index (χ4v) is 5.87. The zero-order chi connectivity index (χ0) is 28.1. The molecular weight excluding hydrogens is 516 g/mol. The number of carbonyl (C=O) groups is 2. The number of carbonyl (C=O) groups excluding carboxylic acids is 2. The molecule has 0 aliphatic carbocycles. The van der Waals surface area contributed by atoms with Crippen LogP contribution in [0.4, 0.5) is 0 Å². The van der Waals surface area contributed by atoms with Gasteiger partial charge in [-0.25, -0.2) is 0 Å². The molecule has 2 amide bonds. The average molecular weight is 555 g/mol. The Kier molecular flexibility index (Phi) is 9.75. The zero-order valence-electron chi connectivity index (χ0n) is 23.4. The fourth-order valence-electron chi connectivity index (χ4n) is 3.60. The lowest BCUT2D eigenvalue weighted by atomic mass is 9.96. The standard InChI is InChI=1S/2C14H19N3OS/c2*1-9(2)14(4)12(18)17-13(19-14)16-10(3)11-7-5-6-8-15-11/h2*5-10H,1-4H3,(H,16,17,18)/t2*10-,14+/m10/s1. The zero-order valence-corrected chi connectivity index (χ0v) is 25.0. The molecule has 4 rings (SSSR count). The summed E-state index contributed by atoms with van der Waals surface area (Å²) >= 11 is 3.03. The first-order chi connectivity index (χ1) is 17.9. The number of nitrogens with one attached hydrogen (secondary N) is 2. The Balaban J connectivity index is 0.000000211. The Morgan fingerprint density at radius 2 is 1.05 bits per heavy atom. The summed E-state index contributed by atoms with van der Waals surface area (Å²) in [7, 11) is 0. The summed E-state index contributed by atoms with van der Waals surface area (Å²) in [5.41, 5.74) is 1.81. The van der Waals surface area contributed by atoms with Gasteiger partial charge in [0.25, 0.3) is 0 Å². The molecule has 4 atom stereocenters. The van der Waals surface area contributed by atoms with Crippen LogP contribution in [0.1, 0.15) is 78.9 Å². The van der Waals surface area contributed by atoms with Crippen molar-refractivity contribution in [1.82, 2.24) is 20.6 Å². The number of aliphatic imine (C=N–C) groups is 2. The third-order valence-electron chi connectivity index (χ3n) is 7.02. The van der Waals surface area contributed by atoms with Gasteiger partial charge in [0.2, 0.25) is 11.8 Å². The summed E-state index contributed by atoms with van der Waals surface area (Å²) in [4.78, 5) is 41.8. The van der Waals surface area contributed by atoms with Crippen LogP contribution in [0.15, 0.2) is 58.8 Å². The van der Waals surface area contributed by atoms with E-state index in [0.717, 1.165) is 11.4 Å². The van der Waals surface area contributed by atoms with Gasteiger partial charge in [0.05, 0.1) is 23.5 Å². The number of nitrogens with zero attached hydrogens (tertiary/aromatic N) is 4. The molecule has 0 spiro atoms. The Morgan fingerprint density at radius 3 is 1.32 bits per heavy atom. The van der Waals surface area contributed by atoms with E-state index in [1.807, 2.05) is 64.1 Å². The van der Waals surface area contributed by atoms with Crippen LogP contribution in [-0.2, 0) is 9.59 Å². The van der Waals surface area contributed by atoms with E-state index in [9.17, 15) is 9.59 Å². The summed E-state index contributed by atoms with van der Waals surface area (Å²) in [5, 5.41) is 7.13. The molecule has 2 aliphatic heterocycles. The van der Waals surface area contributed by atoms with Gasteiger partial charge in [0.15, 0.2) is 10.3 Å². The van der Waals surface area contributed by atoms with Crippen LogP contribution in [0.5, 0.6) is 0 Å². The lowest BCUT2D eigenvalue weighted by Gasteiger charge is -2.22. The third kappa shape index (κ3) is 6.83. The van der Waals surface area contributed by atoms with Crippen molar-refractivity contribution in [3.8, 4) is 0 Å². The second-order valence-electron chi connectivity index (χ2n) is 10.4. The highest BCUT2D eigenvalue weighted by molar-refractivity contribution is 8.16. The van der Waals surface area contributed by atoms with Crippen LogP contribution in [0.2, 0.25) is 0 Å². The molecule has 38 heavy (non-hydrogen) atoms. The van der Waals surface area contributed by atoms with Gasteiger partial charge in [-0.2, -0.15) is 0 Å². The molecule has 2 fully saturated rings. The smallest absolute Gasteiger partial charge is 0.242 e. The molecule has 0 saturated carbocycles. The lowest BCUT2D eigenvalue weighted by Crippen LogP contribution is -2.38. The van der Waals surface area contributed by atoms with Crippen LogP contribution >= 0.6 is 23.5 Å². The SMILES string of the molecule is CC(C)[C@@]1(C)SC(=N[C@@H](C)c2ccccn2)NC1=O.CC(C)[C@]1(C)SC(=N[C@H](C)c2ccccn2)NC1=O. The van der Waals surface area contributed by atoms with Crippen molar-refractivity contribution in [2.24, 2.45) is 21.8 Å². The maximum atomic E-state index is 12.0. The normalized spacial score (nSPS) is 26.8. The molecule has 0 bridgehead atoms. The summed E-state index contributed by atoms with van der Waals surface area (Å²) in [6.45, 7) is 16.1. The Labute approximate surface area is 234 Å². The highest BCUT2D eigenvalue weighted by Crippen LogP contribution is 2.39. The molecule has 0 unspecified atom stereocenters. The van der Waals surface area contributed by atoms with Crippen LogP contribution < -0.4 is 10.6 Å². The van der Waals surface area contributed by atoms with Gasteiger partial charge < -0.3 is 10.6 Å². The van der Waals surface area contributed by atoms with Crippen molar-refractivity contribution in [2.45, 2.75) is 77.0 Å². The van der Waals surface area contributed by atoms with Crippen molar-refractivity contribution in [3.05, 3.63) is 60.2 Å². The molecule has 2 N–H and O–H groups in total. The van der Waals surface area contributed by atoms with Gasteiger partial charge in [0.1, 0.15) is 9.49 Å². The minimum absolute atomic E-state index is 0.0412. The third-order valence-corrected chi connectivity index (χ3v) is 9.98. The molecular formula is C28H38N6O2S2. The number of aromatic nitrogens is 2. The van der Waals surface area contributed by atoms with Crippen LogP contribution in [0.25, 0.3) is 0 Å². The highest BCUT2D eigenvalue weighted by Gasteiger charge is 2.46. The molecule has 0 radical (unpaired) electrons. The van der Waals surface area contributed by atoms with Crippen LogP contribution in [0.3, 0.4) is 0 Å². The monoisotopic (exact) mass is 554 g/mol.